The largest absolute Gasteiger partial charge is 0.361 e. The van der Waals surface area contributed by atoms with E-state index < -0.39 is 0 Å². The minimum atomic E-state index is 0.438. The summed E-state index contributed by atoms with van der Waals surface area (Å²) < 4.78 is 5.43. The van der Waals surface area contributed by atoms with Gasteiger partial charge in [0.25, 0.3) is 0 Å². The number of fused-ring (bicyclic) bond motifs is 1. The molecule has 0 N–H and O–H groups in total. The lowest BCUT2D eigenvalue weighted by Gasteiger charge is -2.29. The van der Waals surface area contributed by atoms with Crippen LogP contribution in [-0.4, -0.2) is 22.6 Å². The van der Waals surface area contributed by atoms with E-state index in [1.54, 1.807) is 0 Å². The maximum atomic E-state index is 5.43. The zero-order valence-electron chi connectivity index (χ0n) is 10.1. The predicted molar refractivity (Wildman–Crippen MR) is 59.8 cm³/mol. The van der Waals surface area contributed by atoms with Crippen LogP contribution >= 0.6 is 0 Å². The Morgan fingerprint density at radius 3 is 2.60 bits per heavy atom. The highest BCUT2D eigenvalue weighted by molar-refractivity contribution is 5.27. The number of nitrogens with zero attached hydrogens (tertiary/aromatic N) is 2. The molecule has 3 nitrogen and oxygen atoms in total. The number of aromatic nitrogens is 1. The van der Waals surface area contributed by atoms with E-state index in [9.17, 15) is 0 Å². The van der Waals surface area contributed by atoms with E-state index >= 15 is 0 Å². The Morgan fingerprint density at radius 1 is 1.27 bits per heavy atom. The average molecular weight is 208 g/mol. The molecule has 1 aromatic rings. The summed E-state index contributed by atoms with van der Waals surface area (Å²) in [6.45, 7) is 10.9. The van der Waals surface area contributed by atoms with Crippen molar-refractivity contribution in [3.05, 3.63) is 17.0 Å². The lowest BCUT2D eigenvalue weighted by Crippen LogP contribution is -2.36. The molecule has 0 saturated carbocycles. The Morgan fingerprint density at radius 2 is 2.00 bits per heavy atom. The summed E-state index contributed by atoms with van der Waals surface area (Å²) >= 11 is 0. The van der Waals surface area contributed by atoms with Crippen LogP contribution in [0, 0.1) is 0 Å². The summed E-state index contributed by atoms with van der Waals surface area (Å²) in [7, 11) is 0. The maximum Gasteiger partial charge on any atom is 0.144 e. The molecule has 15 heavy (non-hydrogen) atoms. The molecule has 0 unspecified atom stereocenters. The molecule has 0 saturated heterocycles. The number of hydrogen-bond acceptors (Lipinski definition) is 3. The van der Waals surface area contributed by atoms with Crippen LogP contribution in [0.2, 0.25) is 0 Å². The molecule has 0 aromatic carbocycles. The van der Waals surface area contributed by atoms with Gasteiger partial charge >= 0.3 is 0 Å². The minimum Gasteiger partial charge on any atom is -0.361 e. The van der Waals surface area contributed by atoms with Gasteiger partial charge in [-0.3, -0.25) is 4.90 Å². The lowest BCUT2D eigenvalue weighted by atomic mass is 9.99. The standard InChI is InChI=1S/C12H20N2O/c1-8(2)12-10-7-14(9(3)4)6-5-11(10)13-15-12/h8-9H,5-7H2,1-4H3. The van der Waals surface area contributed by atoms with E-state index in [0.717, 1.165) is 25.3 Å². The molecule has 0 radical (unpaired) electrons. The van der Waals surface area contributed by atoms with Crippen molar-refractivity contribution in [2.45, 2.75) is 52.6 Å². The monoisotopic (exact) mass is 208 g/mol. The molecule has 2 heterocycles. The second kappa shape index (κ2) is 3.97. The van der Waals surface area contributed by atoms with Crippen LogP contribution < -0.4 is 0 Å². The van der Waals surface area contributed by atoms with E-state index in [0.29, 0.717) is 12.0 Å². The fourth-order valence-electron chi connectivity index (χ4n) is 2.15. The van der Waals surface area contributed by atoms with Gasteiger partial charge in [-0.25, -0.2) is 0 Å². The summed E-state index contributed by atoms with van der Waals surface area (Å²) in [5, 5.41) is 4.17. The first-order chi connectivity index (χ1) is 7.09. The molecular formula is C12H20N2O. The summed E-state index contributed by atoms with van der Waals surface area (Å²) in [5.74, 6) is 1.52. The van der Waals surface area contributed by atoms with Gasteiger partial charge in [0.1, 0.15) is 5.76 Å². The van der Waals surface area contributed by atoms with Crippen molar-refractivity contribution in [2.75, 3.05) is 6.54 Å². The third-order valence-electron chi connectivity index (χ3n) is 3.15. The van der Waals surface area contributed by atoms with Crippen molar-refractivity contribution in [1.82, 2.24) is 10.1 Å². The highest BCUT2D eigenvalue weighted by Gasteiger charge is 2.26. The van der Waals surface area contributed by atoms with Crippen LogP contribution in [0.3, 0.4) is 0 Å². The molecule has 0 fully saturated rings. The molecular weight excluding hydrogens is 188 g/mol. The van der Waals surface area contributed by atoms with E-state index in [1.807, 2.05) is 0 Å². The number of rotatable bonds is 2. The molecule has 1 aliphatic rings. The third-order valence-corrected chi connectivity index (χ3v) is 3.15. The summed E-state index contributed by atoms with van der Waals surface area (Å²) in [5.41, 5.74) is 2.51. The molecule has 84 valence electrons. The number of hydrogen-bond donors (Lipinski definition) is 0. The van der Waals surface area contributed by atoms with E-state index in [2.05, 4.69) is 37.8 Å². The normalized spacial score (nSPS) is 17.5. The van der Waals surface area contributed by atoms with Crippen molar-refractivity contribution in [2.24, 2.45) is 0 Å². The van der Waals surface area contributed by atoms with Gasteiger partial charge in [0.15, 0.2) is 0 Å². The van der Waals surface area contributed by atoms with Gasteiger partial charge in [0.2, 0.25) is 0 Å². The summed E-state index contributed by atoms with van der Waals surface area (Å²) in [4.78, 5) is 2.48. The zero-order valence-corrected chi connectivity index (χ0v) is 10.1. The van der Waals surface area contributed by atoms with E-state index in [1.165, 1.54) is 11.3 Å². The quantitative estimate of drug-likeness (QED) is 0.748. The first-order valence-electron chi connectivity index (χ1n) is 5.81. The van der Waals surface area contributed by atoms with Crippen molar-refractivity contribution in [3.63, 3.8) is 0 Å². The van der Waals surface area contributed by atoms with Crippen LogP contribution in [0.1, 0.15) is 50.6 Å². The molecule has 0 spiro atoms. The molecule has 0 aliphatic carbocycles. The minimum absolute atomic E-state index is 0.438. The highest BCUT2D eigenvalue weighted by Crippen LogP contribution is 2.28. The zero-order chi connectivity index (χ0) is 11.0. The van der Waals surface area contributed by atoms with Gasteiger partial charge in [-0.05, 0) is 13.8 Å². The van der Waals surface area contributed by atoms with Crippen molar-refractivity contribution in [3.8, 4) is 0 Å². The van der Waals surface area contributed by atoms with Gasteiger partial charge in [0, 0.05) is 37.0 Å². The Labute approximate surface area is 91.4 Å². The summed E-state index contributed by atoms with van der Waals surface area (Å²) in [6, 6.07) is 0.605. The van der Waals surface area contributed by atoms with Crippen molar-refractivity contribution >= 4 is 0 Å². The Kier molecular flexibility index (Phi) is 2.83. The van der Waals surface area contributed by atoms with Gasteiger partial charge in [0.05, 0.1) is 5.69 Å². The second-order valence-corrected chi connectivity index (χ2v) is 4.94. The molecule has 0 atom stereocenters. The molecule has 0 amide bonds. The van der Waals surface area contributed by atoms with E-state index in [4.69, 9.17) is 4.52 Å². The fraction of sp³-hybridized carbons (Fsp3) is 0.750. The molecule has 1 aromatic heterocycles. The fourth-order valence-corrected chi connectivity index (χ4v) is 2.15. The summed E-state index contributed by atoms with van der Waals surface area (Å²) in [6.07, 6.45) is 1.03. The van der Waals surface area contributed by atoms with Gasteiger partial charge in [-0.15, -0.1) is 0 Å². The van der Waals surface area contributed by atoms with Crippen LogP contribution in [-0.2, 0) is 13.0 Å². The Balaban J connectivity index is 2.26. The van der Waals surface area contributed by atoms with Gasteiger partial charge < -0.3 is 4.52 Å². The first-order valence-corrected chi connectivity index (χ1v) is 5.81. The Hall–Kier alpha value is -0.830. The molecule has 1 aliphatic heterocycles. The molecule has 2 rings (SSSR count). The van der Waals surface area contributed by atoms with Crippen LogP contribution in [0.25, 0.3) is 0 Å². The van der Waals surface area contributed by atoms with Crippen molar-refractivity contribution in [1.29, 1.82) is 0 Å². The van der Waals surface area contributed by atoms with Gasteiger partial charge in [-0.2, -0.15) is 0 Å². The first kappa shape index (κ1) is 10.7. The van der Waals surface area contributed by atoms with Crippen LogP contribution in [0.4, 0.5) is 0 Å². The smallest absolute Gasteiger partial charge is 0.144 e. The Bertz CT molecular complexity index is 341. The van der Waals surface area contributed by atoms with Crippen LogP contribution in [0.5, 0.6) is 0 Å². The van der Waals surface area contributed by atoms with E-state index in [-0.39, 0.29) is 0 Å². The van der Waals surface area contributed by atoms with Gasteiger partial charge in [-0.1, -0.05) is 19.0 Å². The molecule has 0 bridgehead atoms. The highest BCUT2D eigenvalue weighted by atomic mass is 16.5. The molecule has 3 heteroatoms. The second-order valence-electron chi connectivity index (χ2n) is 4.94. The topological polar surface area (TPSA) is 29.3 Å². The maximum absolute atomic E-state index is 5.43. The SMILES string of the molecule is CC(C)c1onc2c1CN(C(C)C)CC2. The predicted octanol–water partition coefficient (Wildman–Crippen LogP) is 2.56. The average Bonchev–Trinajstić information content (AvgIpc) is 2.59. The van der Waals surface area contributed by atoms with Crippen LogP contribution in [0.15, 0.2) is 4.52 Å². The third kappa shape index (κ3) is 1.93. The van der Waals surface area contributed by atoms with Crippen molar-refractivity contribution < 1.29 is 4.52 Å². The lowest BCUT2D eigenvalue weighted by molar-refractivity contribution is 0.202.